The standard InChI is InChI=1S/C21H20N4O3S/c22-18-5-1-2-6-19(18)25-20(26)17-9-7-15(8-10-17)13-24-21(27)29-28-14-16-4-3-11-23-12-16/h1-12H,13-14,22H2,(H,24,27)(H,25,26). The van der Waals surface area contributed by atoms with E-state index in [9.17, 15) is 9.59 Å². The number of hydrogen-bond donors (Lipinski definition) is 3. The Bertz CT molecular complexity index is 965. The minimum atomic E-state index is -0.296. The van der Waals surface area contributed by atoms with Gasteiger partial charge in [0.1, 0.15) is 0 Å². The summed E-state index contributed by atoms with van der Waals surface area (Å²) >= 11 is 0.747. The van der Waals surface area contributed by atoms with E-state index >= 15 is 0 Å². The van der Waals surface area contributed by atoms with Gasteiger partial charge in [0.2, 0.25) is 0 Å². The Morgan fingerprint density at radius 3 is 2.52 bits per heavy atom. The molecule has 2 amide bonds. The van der Waals surface area contributed by atoms with Gasteiger partial charge in [0, 0.05) is 24.5 Å². The number of para-hydroxylation sites is 2. The topological polar surface area (TPSA) is 106 Å². The molecule has 3 aromatic rings. The number of aromatic nitrogens is 1. The van der Waals surface area contributed by atoms with Gasteiger partial charge in [0.15, 0.2) is 0 Å². The predicted molar refractivity (Wildman–Crippen MR) is 114 cm³/mol. The predicted octanol–water partition coefficient (Wildman–Crippen LogP) is 3.99. The van der Waals surface area contributed by atoms with Gasteiger partial charge in [-0.1, -0.05) is 30.3 Å². The Morgan fingerprint density at radius 1 is 1.00 bits per heavy atom. The third-order valence-corrected chi connectivity index (χ3v) is 4.48. The maximum absolute atomic E-state index is 12.3. The number of benzene rings is 2. The number of amides is 2. The van der Waals surface area contributed by atoms with Crippen molar-refractivity contribution >= 4 is 34.6 Å². The van der Waals surface area contributed by atoms with Crippen molar-refractivity contribution in [3.8, 4) is 0 Å². The average Bonchev–Trinajstić information content (AvgIpc) is 2.75. The van der Waals surface area contributed by atoms with Crippen LogP contribution in [0.25, 0.3) is 0 Å². The first-order valence-corrected chi connectivity index (χ1v) is 9.57. The number of rotatable bonds is 7. The second-order valence-corrected chi connectivity index (χ2v) is 6.86. The molecule has 2 aromatic carbocycles. The Kier molecular flexibility index (Phi) is 7.21. The summed E-state index contributed by atoms with van der Waals surface area (Å²) in [5, 5.41) is 5.23. The monoisotopic (exact) mass is 408 g/mol. The number of carbonyl (C=O) groups excluding carboxylic acids is 2. The van der Waals surface area contributed by atoms with Crippen LogP contribution < -0.4 is 16.4 Å². The van der Waals surface area contributed by atoms with Gasteiger partial charge in [-0.15, -0.1) is 0 Å². The van der Waals surface area contributed by atoms with E-state index in [0.717, 1.165) is 23.2 Å². The Balaban J connectivity index is 1.43. The zero-order valence-electron chi connectivity index (χ0n) is 15.5. The van der Waals surface area contributed by atoms with Crippen LogP contribution in [0.5, 0.6) is 0 Å². The largest absolute Gasteiger partial charge is 0.397 e. The molecule has 0 fully saturated rings. The first-order valence-electron chi connectivity index (χ1n) is 8.83. The third kappa shape index (κ3) is 6.34. The van der Waals surface area contributed by atoms with E-state index in [-0.39, 0.29) is 11.1 Å². The van der Waals surface area contributed by atoms with Crippen LogP contribution in [-0.2, 0) is 17.3 Å². The molecule has 148 valence electrons. The van der Waals surface area contributed by atoms with Crippen molar-refractivity contribution in [2.75, 3.05) is 11.1 Å². The Labute approximate surface area is 172 Å². The summed E-state index contributed by atoms with van der Waals surface area (Å²) in [6.45, 7) is 0.622. The highest BCUT2D eigenvalue weighted by molar-refractivity contribution is 8.09. The molecular weight excluding hydrogens is 388 g/mol. The molecule has 0 saturated heterocycles. The summed E-state index contributed by atoms with van der Waals surface area (Å²) < 4.78 is 5.29. The number of anilines is 2. The molecule has 1 heterocycles. The van der Waals surface area contributed by atoms with E-state index in [1.165, 1.54) is 0 Å². The average molecular weight is 408 g/mol. The highest BCUT2D eigenvalue weighted by Gasteiger charge is 2.08. The van der Waals surface area contributed by atoms with Crippen LogP contribution in [0.15, 0.2) is 73.1 Å². The number of nitrogens with one attached hydrogen (secondary N) is 2. The zero-order chi connectivity index (χ0) is 20.5. The first-order chi connectivity index (χ1) is 14.1. The van der Waals surface area contributed by atoms with Crippen molar-refractivity contribution in [2.45, 2.75) is 13.2 Å². The van der Waals surface area contributed by atoms with Crippen molar-refractivity contribution in [3.05, 3.63) is 89.7 Å². The van der Waals surface area contributed by atoms with Gasteiger partial charge < -0.3 is 20.6 Å². The van der Waals surface area contributed by atoms with Gasteiger partial charge in [0.05, 0.1) is 30.0 Å². The molecule has 0 unspecified atom stereocenters. The zero-order valence-corrected chi connectivity index (χ0v) is 16.3. The number of nitrogen functional groups attached to an aromatic ring is 1. The molecule has 8 heteroatoms. The lowest BCUT2D eigenvalue weighted by Crippen LogP contribution is -2.18. The molecule has 0 aliphatic carbocycles. The molecule has 0 saturated carbocycles. The van der Waals surface area contributed by atoms with Gasteiger partial charge >= 0.3 is 5.24 Å². The molecule has 29 heavy (non-hydrogen) atoms. The maximum atomic E-state index is 12.3. The second kappa shape index (κ2) is 10.3. The molecule has 0 bridgehead atoms. The van der Waals surface area contributed by atoms with Crippen LogP contribution in [0.4, 0.5) is 16.2 Å². The van der Waals surface area contributed by atoms with E-state index in [1.54, 1.807) is 60.9 Å². The Hall–Kier alpha value is -3.36. The van der Waals surface area contributed by atoms with E-state index in [2.05, 4.69) is 15.6 Å². The summed E-state index contributed by atoms with van der Waals surface area (Å²) in [7, 11) is 0. The minimum Gasteiger partial charge on any atom is -0.397 e. The number of pyridine rings is 1. The van der Waals surface area contributed by atoms with Crippen molar-refractivity contribution in [1.82, 2.24) is 10.3 Å². The molecule has 0 spiro atoms. The van der Waals surface area contributed by atoms with Crippen molar-refractivity contribution < 1.29 is 13.8 Å². The molecule has 7 nitrogen and oxygen atoms in total. The van der Waals surface area contributed by atoms with Crippen molar-refractivity contribution in [2.24, 2.45) is 0 Å². The van der Waals surface area contributed by atoms with Gasteiger partial charge in [-0.3, -0.25) is 14.6 Å². The highest BCUT2D eigenvalue weighted by Crippen LogP contribution is 2.18. The quantitative estimate of drug-likeness (QED) is 0.403. The van der Waals surface area contributed by atoms with Crippen LogP contribution in [0.3, 0.4) is 0 Å². The summed E-state index contributed by atoms with van der Waals surface area (Å²) in [5.41, 5.74) is 9.15. The summed E-state index contributed by atoms with van der Waals surface area (Å²) in [6.07, 6.45) is 3.36. The lowest BCUT2D eigenvalue weighted by Gasteiger charge is -2.09. The first kappa shape index (κ1) is 20.4. The fourth-order valence-electron chi connectivity index (χ4n) is 2.42. The normalized spacial score (nSPS) is 10.3. The highest BCUT2D eigenvalue weighted by atomic mass is 32.2. The molecule has 3 rings (SSSR count). The number of nitrogens with two attached hydrogens (primary N) is 1. The fourth-order valence-corrected chi connectivity index (χ4v) is 2.85. The summed E-state index contributed by atoms with van der Waals surface area (Å²) in [6, 6.07) is 17.7. The minimum absolute atomic E-state index is 0.252. The molecule has 0 radical (unpaired) electrons. The van der Waals surface area contributed by atoms with Crippen LogP contribution in [0, 0.1) is 0 Å². The fraction of sp³-hybridized carbons (Fsp3) is 0.0952. The van der Waals surface area contributed by atoms with Gasteiger partial charge in [-0.05, 0) is 41.5 Å². The molecular formula is C21H20N4O3S. The van der Waals surface area contributed by atoms with E-state index in [4.69, 9.17) is 9.92 Å². The van der Waals surface area contributed by atoms with Crippen molar-refractivity contribution in [3.63, 3.8) is 0 Å². The van der Waals surface area contributed by atoms with E-state index in [1.807, 2.05) is 12.1 Å². The van der Waals surface area contributed by atoms with Gasteiger partial charge in [-0.25, -0.2) is 0 Å². The van der Waals surface area contributed by atoms with Gasteiger partial charge in [0.25, 0.3) is 5.91 Å². The molecule has 0 aliphatic rings. The lowest BCUT2D eigenvalue weighted by molar-refractivity contribution is 0.102. The van der Waals surface area contributed by atoms with Crippen LogP contribution in [0.1, 0.15) is 21.5 Å². The number of hydrogen-bond acceptors (Lipinski definition) is 6. The van der Waals surface area contributed by atoms with Crippen LogP contribution >= 0.6 is 12.0 Å². The number of nitrogens with zero attached hydrogens (tertiary/aromatic N) is 1. The van der Waals surface area contributed by atoms with E-state index < -0.39 is 0 Å². The molecule has 0 atom stereocenters. The van der Waals surface area contributed by atoms with Crippen molar-refractivity contribution in [1.29, 1.82) is 0 Å². The molecule has 0 aliphatic heterocycles. The number of carbonyl (C=O) groups is 2. The molecule has 1 aromatic heterocycles. The van der Waals surface area contributed by atoms with Crippen LogP contribution in [0.2, 0.25) is 0 Å². The van der Waals surface area contributed by atoms with Crippen LogP contribution in [-0.4, -0.2) is 16.1 Å². The molecule has 4 N–H and O–H groups in total. The third-order valence-electron chi connectivity index (χ3n) is 3.94. The maximum Gasteiger partial charge on any atom is 0.306 e. The lowest BCUT2D eigenvalue weighted by atomic mass is 10.1. The van der Waals surface area contributed by atoms with Gasteiger partial charge in [-0.2, -0.15) is 0 Å². The smallest absolute Gasteiger partial charge is 0.306 e. The summed E-state index contributed by atoms with van der Waals surface area (Å²) in [4.78, 5) is 28.2. The van der Waals surface area contributed by atoms with E-state index in [0.29, 0.717) is 30.1 Å². The Morgan fingerprint density at radius 2 is 1.79 bits per heavy atom. The second-order valence-electron chi connectivity index (χ2n) is 6.09. The summed E-state index contributed by atoms with van der Waals surface area (Å²) in [5.74, 6) is -0.252. The SMILES string of the molecule is Nc1ccccc1NC(=O)c1ccc(CNC(=O)SOCc2cccnc2)cc1.